The van der Waals surface area contributed by atoms with Gasteiger partial charge in [0.15, 0.2) is 23.3 Å². The average Bonchev–Trinajstić information content (AvgIpc) is 1.56. The number of benzene rings is 14. The van der Waals surface area contributed by atoms with Crippen LogP contribution in [-0.4, -0.2) is 78.1 Å². The first kappa shape index (κ1) is 75.8. The summed E-state index contributed by atoms with van der Waals surface area (Å²) in [5, 5.41) is 9.70. The smallest absolute Gasteiger partial charge is 0.165 e. The molecule has 22 rings (SSSR count). The second kappa shape index (κ2) is 30.2. The van der Waals surface area contributed by atoms with E-state index in [1.54, 1.807) is 0 Å². The summed E-state index contributed by atoms with van der Waals surface area (Å²) >= 11 is 0. The maximum Gasteiger partial charge on any atom is 0.165 e. The van der Waals surface area contributed by atoms with E-state index >= 15 is 0 Å². The lowest BCUT2D eigenvalue weighted by Gasteiger charge is -2.19. The Morgan fingerprint density at radius 3 is 0.879 bits per heavy atom. The molecule has 0 aliphatic carbocycles. The molecule has 124 heavy (non-hydrogen) atoms. The zero-order valence-electron chi connectivity index (χ0n) is 70.9. The summed E-state index contributed by atoms with van der Waals surface area (Å²) in [6.07, 6.45) is 0. The van der Waals surface area contributed by atoms with E-state index in [2.05, 4.69) is 357 Å². The van der Waals surface area contributed by atoms with Crippen LogP contribution in [0.5, 0.6) is 0 Å². The van der Waals surface area contributed by atoms with Gasteiger partial charge < -0.3 is 18.3 Å². The molecule has 22 aromatic rings. The third kappa shape index (κ3) is 13.3. The fourth-order valence-corrected chi connectivity index (χ4v) is 18.6. The third-order valence-electron chi connectivity index (χ3n) is 23.7. The van der Waals surface area contributed by atoms with Crippen molar-refractivity contribution in [2.45, 2.75) is 83.1 Å². The van der Waals surface area contributed by atoms with Crippen LogP contribution in [0, 0.1) is 83.1 Å². The number of fused-ring (bicyclic) bond motifs is 12. The molecule has 0 saturated heterocycles. The van der Waals surface area contributed by atoms with Gasteiger partial charge >= 0.3 is 0 Å². The highest BCUT2D eigenvalue weighted by Gasteiger charge is 2.27. The van der Waals surface area contributed by atoms with Gasteiger partial charge in [-0.2, -0.15) is 0 Å². The Kier molecular flexibility index (Phi) is 18.5. The van der Waals surface area contributed by atoms with E-state index in [1.165, 1.54) is 65.3 Å². The number of hydrogen-bond donors (Lipinski definition) is 0. The molecule has 0 amide bonds. The quantitative estimate of drug-likeness (QED) is 0.113. The van der Waals surface area contributed by atoms with E-state index in [4.69, 9.17) is 39.9 Å². The molecule has 0 aliphatic rings. The summed E-state index contributed by atoms with van der Waals surface area (Å²) in [5.41, 5.74) is 30.1. The molecule has 0 N–H and O–H groups in total. The molecule has 0 unspecified atom stereocenters. The van der Waals surface area contributed by atoms with Crippen LogP contribution in [0.15, 0.2) is 291 Å². The molecular weight excluding hydrogens is 1520 g/mol. The lowest BCUT2D eigenvalue weighted by Crippen LogP contribution is -2.04. The van der Waals surface area contributed by atoms with Crippen molar-refractivity contribution >= 4 is 87.2 Å². The Bertz CT molecular complexity index is 8050. The summed E-state index contributed by atoms with van der Waals surface area (Å²) in [6.45, 7) is 24.0. The van der Waals surface area contributed by atoms with Gasteiger partial charge in [0, 0.05) is 76.6 Å². The molecule has 0 spiro atoms. The second-order valence-corrected chi connectivity index (χ2v) is 32.6. The van der Waals surface area contributed by atoms with Crippen molar-refractivity contribution in [2.75, 3.05) is 0 Å². The number of para-hydroxylation sites is 4. The zero-order chi connectivity index (χ0) is 84.4. The Morgan fingerprint density at radius 1 is 0.169 bits per heavy atom. The Hall–Kier alpha value is -15.7. The zero-order valence-corrected chi connectivity index (χ0v) is 70.9. The van der Waals surface area contributed by atoms with Gasteiger partial charge in [0.25, 0.3) is 0 Å². The minimum absolute atomic E-state index is 0.635. The van der Waals surface area contributed by atoms with Crippen molar-refractivity contribution in [2.24, 2.45) is 0 Å². The maximum absolute atomic E-state index is 4.95. The minimum atomic E-state index is 0.635. The predicted octanol–water partition coefficient (Wildman–Crippen LogP) is 25.5. The third-order valence-corrected chi connectivity index (χ3v) is 23.7. The van der Waals surface area contributed by atoms with Gasteiger partial charge in [0.1, 0.15) is 46.6 Å². The molecule has 0 fully saturated rings. The lowest BCUT2D eigenvalue weighted by atomic mass is 9.93. The molecule has 0 saturated carbocycles. The number of hydrogen-bond acceptors (Lipinski definition) is 12. The molecule has 8 heterocycles. The molecule has 0 aliphatic heterocycles. The van der Waals surface area contributed by atoms with Crippen molar-refractivity contribution in [1.29, 1.82) is 0 Å². The van der Waals surface area contributed by atoms with Crippen LogP contribution in [0.4, 0.5) is 0 Å². The standard InChI is InChI=1S/2C54H42N8/c1-31-21-24-48-43(27-31)40-15-7-9-18-46(40)61(48)50-26-23-38(30-45(50)54-59-35(5)56-36(6)60-54)37-13-11-14-39(29-37)52-42(53-57-33(3)55-34(4)58-53)17-12-20-51(52)62-47-19-10-8-16-41(47)44-28-32(2)22-25-49(44)62;1-31-18-23-50-44(26-31)42-14-7-9-16-48(42)61(50)40-21-22-41(46(30-40)53-57-33(3)55-34(4)58-53)39-13-11-12-37(28-39)38-20-25-52(47(29-38)54-59-35(5)56-36(6)60-54)62-49-17-10-8-15-43(49)45-27-32(2)19-24-51(45)62/h2*7-30H,1-6H3. The van der Waals surface area contributed by atoms with Gasteiger partial charge in [-0.05, 0) is 249 Å². The summed E-state index contributed by atoms with van der Waals surface area (Å²) in [7, 11) is 0. The van der Waals surface area contributed by atoms with Gasteiger partial charge in [-0.25, -0.2) is 59.8 Å². The van der Waals surface area contributed by atoms with E-state index in [9.17, 15) is 0 Å². The molecule has 14 aromatic carbocycles. The van der Waals surface area contributed by atoms with Gasteiger partial charge in [0.05, 0.1) is 61.2 Å². The Balaban J connectivity index is 0.000000152. The fraction of sp³-hybridized carbons (Fsp3) is 0.111. The monoisotopic (exact) mass is 1600 g/mol. The van der Waals surface area contributed by atoms with E-state index in [0.29, 0.717) is 69.9 Å². The Labute approximate surface area is 716 Å². The van der Waals surface area contributed by atoms with Gasteiger partial charge in [0.2, 0.25) is 0 Å². The van der Waals surface area contributed by atoms with Crippen LogP contribution in [0.3, 0.4) is 0 Å². The first-order valence-corrected chi connectivity index (χ1v) is 41.9. The van der Waals surface area contributed by atoms with Crippen molar-refractivity contribution in [3.63, 3.8) is 0 Å². The van der Waals surface area contributed by atoms with Crippen molar-refractivity contribution in [3.8, 4) is 113 Å². The van der Waals surface area contributed by atoms with E-state index in [0.717, 1.165) is 134 Å². The van der Waals surface area contributed by atoms with Crippen LogP contribution in [0.25, 0.3) is 200 Å². The molecule has 0 bridgehead atoms. The fourth-order valence-electron chi connectivity index (χ4n) is 18.6. The average molecular weight is 1610 g/mol. The molecular formula is C108H84N16. The highest BCUT2D eigenvalue weighted by atomic mass is 15.1. The number of aryl methyl sites for hydroxylation is 12. The largest absolute Gasteiger partial charge is 0.309 e. The second-order valence-electron chi connectivity index (χ2n) is 32.6. The molecule has 8 aromatic heterocycles. The van der Waals surface area contributed by atoms with E-state index in [-0.39, 0.29) is 0 Å². The molecule has 16 heteroatoms. The first-order chi connectivity index (χ1) is 60.3. The van der Waals surface area contributed by atoms with E-state index < -0.39 is 0 Å². The van der Waals surface area contributed by atoms with Gasteiger partial charge in [-0.15, -0.1) is 0 Å². The number of nitrogens with zero attached hydrogens (tertiary/aromatic N) is 16. The van der Waals surface area contributed by atoms with Gasteiger partial charge in [-0.1, -0.05) is 186 Å². The van der Waals surface area contributed by atoms with Gasteiger partial charge in [-0.3, -0.25) is 0 Å². The minimum Gasteiger partial charge on any atom is -0.309 e. The first-order valence-electron chi connectivity index (χ1n) is 41.9. The molecule has 0 atom stereocenters. The van der Waals surface area contributed by atoms with Crippen molar-refractivity contribution in [3.05, 3.63) is 360 Å². The van der Waals surface area contributed by atoms with Crippen LogP contribution in [-0.2, 0) is 0 Å². The highest BCUT2D eigenvalue weighted by molar-refractivity contribution is 6.14. The number of rotatable bonds is 12. The Morgan fingerprint density at radius 2 is 0.476 bits per heavy atom. The molecule has 16 nitrogen and oxygen atoms in total. The lowest BCUT2D eigenvalue weighted by molar-refractivity contribution is 0.926. The number of aromatic nitrogens is 16. The SMILES string of the molecule is Cc1ccc2c(c1)c1ccccc1n2-c1ccc(-c2cccc(-c3c(-c4nc(C)nc(C)n4)cccc3-n3c4ccccc4c4cc(C)ccc43)c2)cc1-c1nc(C)nc(C)n1.Cc1ccc2c(c1)c1ccccc1n2-c1ccc(-c2cccc(-c3ccc(-n4c5ccccc5c5cc(C)ccc54)c(-c4nc(C)nc(C)n4)c3)c2)c(-c2nc(C)nc(C)n2)c1. The summed E-state index contributed by atoms with van der Waals surface area (Å²) in [5.74, 6) is 7.99. The normalized spacial score (nSPS) is 11.7. The summed E-state index contributed by atoms with van der Waals surface area (Å²) in [6, 6.07) is 105. The van der Waals surface area contributed by atoms with Crippen molar-refractivity contribution < 1.29 is 0 Å². The summed E-state index contributed by atoms with van der Waals surface area (Å²) in [4.78, 5) is 57.6. The van der Waals surface area contributed by atoms with Crippen LogP contribution >= 0.6 is 0 Å². The van der Waals surface area contributed by atoms with Crippen LogP contribution in [0.1, 0.15) is 68.8 Å². The van der Waals surface area contributed by atoms with E-state index in [1.807, 2.05) is 55.4 Å². The predicted molar refractivity (Wildman–Crippen MR) is 504 cm³/mol. The highest BCUT2D eigenvalue weighted by Crippen LogP contribution is 2.46. The van der Waals surface area contributed by atoms with Crippen molar-refractivity contribution in [1.82, 2.24) is 78.1 Å². The van der Waals surface area contributed by atoms with Crippen LogP contribution in [0.2, 0.25) is 0 Å². The molecule has 0 radical (unpaired) electrons. The van der Waals surface area contributed by atoms with Crippen LogP contribution < -0.4 is 0 Å². The molecule has 596 valence electrons. The summed E-state index contributed by atoms with van der Waals surface area (Å²) < 4.78 is 9.43. The topological polar surface area (TPSA) is 174 Å². The maximum atomic E-state index is 4.95.